The standard InChI is InChI=1S/C14H12N2O5S3/c17-13-12(7-9-1-3-10(4-2-9)16(18)19)23-14(22)15(13)11-5-6-24(20,21)8-11/h1-4,7,11H,5-6,8H2. The summed E-state index contributed by atoms with van der Waals surface area (Å²) in [5.74, 6) is -0.314. The summed E-state index contributed by atoms with van der Waals surface area (Å²) in [5.41, 5.74) is 0.607. The van der Waals surface area contributed by atoms with Crippen molar-refractivity contribution in [2.75, 3.05) is 11.5 Å². The molecule has 0 spiro atoms. The highest BCUT2D eigenvalue weighted by Gasteiger charge is 2.42. The second-order valence-electron chi connectivity index (χ2n) is 5.46. The third-order valence-corrected chi connectivity index (χ3v) is 6.88. The van der Waals surface area contributed by atoms with Crippen LogP contribution in [0.1, 0.15) is 12.0 Å². The molecule has 2 saturated heterocycles. The van der Waals surface area contributed by atoms with E-state index in [1.54, 1.807) is 18.2 Å². The maximum atomic E-state index is 12.5. The van der Waals surface area contributed by atoms with E-state index in [0.29, 0.717) is 21.2 Å². The fourth-order valence-electron chi connectivity index (χ4n) is 2.62. The lowest BCUT2D eigenvalue weighted by atomic mass is 10.2. The number of benzene rings is 1. The first-order valence-electron chi connectivity index (χ1n) is 6.99. The number of nitrogens with zero attached hydrogens (tertiary/aromatic N) is 2. The first-order valence-corrected chi connectivity index (χ1v) is 10.0. The highest BCUT2D eigenvalue weighted by Crippen LogP contribution is 2.36. The molecule has 1 amide bonds. The number of carbonyl (C=O) groups excluding carboxylic acids is 1. The van der Waals surface area contributed by atoms with Crippen LogP contribution in [0.3, 0.4) is 0 Å². The smallest absolute Gasteiger partial charge is 0.269 e. The van der Waals surface area contributed by atoms with Crippen LogP contribution < -0.4 is 0 Å². The number of thioether (sulfide) groups is 1. The van der Waals surface area contributed by atoms with Crippen molar-refractivity contribution >= 4 is 55.8 Å². The van der Waals surface area contributed by atoms with E-state index in [1.165, 1.54) is 17.0 Å². The van der Waals surface area contributed by atoms with Gasteiger partial charge in [0.15, 0.2) is 9.84 Å². The van der Waals surface area contributed by atoms with Crippen LogP contribution in [0.4, 0.5) is 5.69 Å². The number of carbonyl (C=O) groups is 1. The molecule has 0 bridgehead atoms. The van der Waals surface area contributed by atoms with E-state index in [2.05, 4.69) is 0 Å². The number of non-ortho nitro benzene ring substituents is 1. The Morgan fingerprint density at radius 3 is 2.54 bits per heavy atom. The zero-order chi connectivity index (χ0) is 17.5. The van der Waals surface area contributed by atoms with E-state index in [9.17, 15) is 23.3 Å². The molecule has 3 rings (SSSR count). The van der Waals surface area contributed by atoms with Gasteiger partial charge in [-0.25, -0.2) is 8.42 Å². The zero-order valence-corrected chi connectivity index (χ0v) is 14.7. The molecular formula is C14H12N2O5S3. The van der Waals surface area contributed by atoms with Crippen LogP contribution in [0.25, 0.3) is 6.08 Å². The molecule has 126 valence electrons. The third kappa shape index (κ3) is 3.35. The average Bonchev–Trinajstić information content (AvgIpc) is 2.99. The van der Waals surface area contributed by atoms with Crippen molar-refractivity contribution in [2.45, 2.75) is 12.5 Å². The van der Waals surface area contributed by atoms with Crippen LogP contribution >= 0.6 is 24.0 Å². The molecule has 2 aliphatic heterocycles. The molecule has 0 saturated carbocycles. The van der Waals surface area contributed by atoms with Crippen molar-refractivity contribution in [1.29, 1.82) is 0 Å². The predicted molar refractivity (Wildman–Crippen MR) is 95.2 cm³/mol. The molecule has 0 N–H and O–H groups in total. The van der Waals surface area contributed by atoms with E-state index in [1.807, 2.05) is 0 Å². The van der Waals surface area contributed by atoms with Crippen molar-refractivity contribution in [3.8, 4) is 0 Å². The summed E-state index contributed by atoms with van der Waals surface area (Å²) >= 11 is 6.33. The number of hydrogen-bond donors (Lipinski definition) is 0. The van der Waals surface area contributed by atoms with Gasteiger partial charge < -0.3 is 0 Å². The minimum Gasteiger partial charge on any atom is -0.289 e. The van der Waals surface area contributed by atoms with Gasteiger partial charge >= 0.3 is 0 Å². The maximum absolute atomic E-state index is 12.5. The number of sulfone groups is 1. The van der Waals surface area contributed by atoms with Crippen LogP contribution in [0.5, 0.6) is 0 Å². The van der Waals surface area contributed by atoms with Crippen LogP contribution in [-0.4, -0.2) is 46.0 Å². The molecule has 0 radical (unpaired) electrons. The van der Waals surface area contributed by atoms with Crippen molar-refractivity contribution < 1.29 is 18.1 Å². The van der Waals surface area contributed by atoms with Gasteiger partial charge in [-0.15, -0.1) is 0 Å². The Kier molecular flexibility index (Phi) is 4.45. The van der Waals surface area contributed by atoms with Crippen LogP contribution in [0, 0.1) is 10.1 Å². The summed E-state index contributed by atoms with van der Waals surface area (Å²) in [6.45, 7) is 0. The van der Waals surface area contributed by atoms with Crippen molar-refractivity contribution in [3.05, 3.63) is 44.8 Å². The maximum Gasteiger partial charge on any atom is 0.269 e. The predicted octanol–water partition coefficient (Wildman–Crippen LogP) is 1.98. The zero-order valence-electron chi connectivity index (χ0n) is 12.2. The SMILES string of the molecule is O=C1C(=Cc2ccc([N+](=O)[O-])cc2)SC(=S)N1C1CCS(=O)(=O)C1. The Morgan fingerprint density at radius 2 is 2.00 bits per heavy atom. The van der Waals surface area contributed by atoms with Gasteiger partial charge in [-0.1, -0.05) is 24.0 Å². The monoisotopic (exact) mass is 384 g/mol. The highest BCUT2D eigenvalue weighted by atomic mass is 32.2. The van der Waals surface area contributed by atoms with Gasteiger partial charge in [-0.3, -0.25) is 19.8 Å². The van der Waals surface area contributed by atoms with Gasteiger partial charge in [0.25, 0.3) is 11.6 Å². The van der Waals surface area contributed by atoms with Crippen LogP contribution in [-0.2, 0) is 14.6 Å². The van der Waals surface area contributed by atoms with Gasteiger partial charge in [0.1, 0.15) is 4.32 Å². The fourth-order valence-corrected chi connectivity index (χ4v) is 5.72. The minimum atomic E-state index is -3.12. The summed E-state index contributed by atoms with van der Waals surface area (Å²) in [4.78, 5) is 24.5. The normalized spacial score (nSPS) is 24.8. The molecule has 2 fully saturated rings. The molecule has 0 aromatic heterocycles. The van der Waals surface area contributed by atoms with E-state index in [0.717, 1.165) is 11.8 Å². The fraction of sp³-hybridized carbons (Fsp3) is 0.286. The quantitative estimate of drug-likeness (QED) is 0.340. The van der Waals surface area contributed by atoms with E-state index in [4.69, 9.17) is 12.2 Å². The number of rotatable bonds is 3. The number of hydrogen-bond acceptors (Lipinski definition) is 7. The van der Waals surface area contributed by atoms with Crippen LogP contribution in [0.2, 0.25) is 0 Å². The molecule has 2 aliphatic rings. The van der Waals surface area contributed by atoms with Crippen molar-refractivity contribution in [2.24, 2.45) is 0 Å². The molecule has 10 heteroatoms. The molecular weight excluding hydrogens is 372 g/mol. The summed E-state index contributed by atoms with van der Waals surface area (Å²) in [6.07, 6.45) is 1.99. The first kappa shape index (κ1) is 17.1. The van der Waals surface area contributed by atoms with E-state index >= 15 is 0 Å². The minimum absolute atomic E-state index is 0.0316. The Morgan fingerprint density at radius 1 is 1.33 bits per heavy atom. The van der Waals surface area contributed by atoms with Gasteiger partial charge in [0, 0.05) is 12.1 Å². The lowest BCUT2D eigenvalue weighted by Crippen LogP contribution is -2.39. The lowest BCUT2D eigenvalue weighted by Gasteiger charge is -2.20. The molecule has 24 heavy (non-hydrogen) atoms. The number of thiocarbonyl (C=S) groups is 1. The topological polar surface area (TPSA) is 97.6 Å². The van der Waals surface area contributed by atoms with E-state index < -0.39 is 20.8 Å². The lowest BCUT2D eigenvalue weighted by molar-refractivity contribution is -0.384. The van der Waals surface area contributed by atoms with Gasteiger partial charge in [0.05, 0.1) is 27.4 Å². The summed E-state index contributed by atoms with van der Waals surface area (Å²) in [7, 11) is -3.12. The van der Waals surface area contributed by atoms with Gasteiger partial charge in [0.2, 0.25) is 0 Å². The summed E-state index contributed by atoms with van der Waals surface area (Å²) in [5, 5.41) is 10.7. The van der Waals surface area contributed by atoms with E-state index in [-0.39, 0.29) is 23.1 Å². The molecule has 7 nitrogen and oxygen atoms in total. The largest absolute Gasteiger partial charge is 0.289 e. The third-order valence-electron chi connectivity index (χ3n) is 3.80. The second kappa shape index (κ2) is 6.26. The average molecular weight is 384 g/mol. The highest BCUT2D eigenvalue weighted by molar-refractivity contribution is 8.26. The Bertz CT molecular complexity index is 861. The van der Waals surface area contributed by atoms with Crippen LogP contribution in [0.15, 0.2) is 29.2 Å². The van der Waals surface area contributed by atoms with Crippen molar-refractivity contribution in [1.82, 2.24) is 4.90 Å². The summed E-state index contributed by atoms with van der Waals surface area (Å²) in [6, 6.07) is 5.40. The summed E-state index contributed by atoms with van der Waals surface area (Å²) < 4.78 is 23.6. The first-order chi connectivity index (χ1) is 11.3. The molecule has 1 unspecified atom stereocenters. The Hall–Kier alpha value is -1.78. The molecule has 1 atom stereocenters. The molecule has 1 aromatic carbocycles. The molecule has 1 aromatic rings. The number of nitro groups is 1. The van der Waals surface area contributed by atoms with Crippen molar-refractivity contribution in [3.63, 3.8) is 0 Å². The Labute approximate surface area is 147 Å². The second-order valence-corrected chi connectivity index (χ2v) is 9.36. The molecule has 0 aliphatic carbocycles. The number of nitro benzene ring substituents is 1. The van der Waals surface area contributed by atoms with Gasteiger partial charge in [-0.2, -0.15) is 0 Å². The Balaban J connectivity index is 1.82. The molecule has 2 heterocycles. The number of amides is 1. The van der Waals surface area contributed by atoms with Gasteiger partial charge in [-0.05, 0) is 30.2 Å².